The molecular formula is C17H19N3O2S. The van der Waals surface area contributed by atoms with Gasteiger partial charge in [0.15, 0.2) is 0 Å². The maximum atomic E-state index is 11.8. The summed E-state index contributed by atoms with van der Waals surface area (Å²) in [5.41, 5.74) is 4.42. The summed E-state index contributed by atoms with van der Waals surface area (Å²) >= 11 is 0. The second-order valence-electron chi connectivity index (χ2n) is 5.55. The molecule has 0 fully saturated rings. The second-order valence-corrected chi connectivity index (χ2v) is 7.39. The number of imidazole rings is 1. The van der Waals surface area contributed by atoms with Crippen LogP contribution in [0.15, 0.2) is 48.8 Å². The van der Waals surface area contributed by atoms with Crippen LogP contribution in [-0.2, 0) is 10.0 Å². The van der Waals surface area contributed by atoms with E-state index in [1.165, 1.54) is 0 Å². The molecule has 6 heteroatoms. The maximum Gasteiger partial charge on any atom is 0.232 e. The number of aryl methyl sites for hydroxylation is 1. The van der Waals surface area contributed by atoms with Crippen molar-refractivity contribution in [2.75, 3.05) is 10.5 Å². The van der Waals surface area contributed by atoms with Crippen LogP contribution in [0.2, 0.25) is 0 Å². The van der Waals surface area contributed by atoms with Crippen LogP contribution in [0.25, 0.3) is 16.9 Å². The molecule has 0 radical (unpaired) electrons. The van der Waals surface area contributed by atoms with Crippen molar-refractivity contribution in [1.82, 2.24) is 9.38 Å². The molecule has 0 spiro atoms. The molecule has 0 aliphatic rings. The Morgan fingerprint density at radius 3 is 2.57 bits per heavy atom. The predicted molar refractivity (Wildman–Crippen MR) is 93.1 cm³/mol. The fourth-order valence-electron chi connectivity index (χ4n) is 2.50. The molecule has 0 unspecified atom stereocenters. The quantitative estimate of drug-likeness (QED) is 0.779. The zero-order valence-electron chi connectivity index (χ0n) is 13.2. The van der Waals surface area contributed by atoms with E-state index in [1.54, 1.807) is 12.1 Å². The number of sulfonamides is 1. The predicted octanol–water partition coefficient (Wildman–Crippen LogP) is 3.46. The zero-order chi connectivity index (χ0) is 16.4. The minimum absolute atomic E-state index is 0.125. The van der Waals surface area contributed by atoms with Gasteiger partial charge >= 0.3 is 0 Å². The van der Waals surface area contributed by atoms with Gasteiger partial charge in [0.1, 0.15) is 5.65 Å². The third kappa shape index (κ3) is 3.37. The number of hydrogen-bond donors (Lipinski definition) is 1. The molecular weight excluding hydrogens is 310 g/mol. The first-order valence-corrected chi connectivity index (χ1v) is 9.19. The van der Waals surface area contributed by atoms with E-state index in [4.69, 9.17) is 0 Å². The Labute approximate surface area is 136 Å². The summed E-state index contributed by atoms with van der Waals surface area (Å²) in [7, 11) is -3.26. The maximum absolute atomic E-state index is 11.8. The van der Waals surface area contributed by atoms with E-state index in [0.29, 0.717) is 12.1 Å². The summed E-state index contributed by atoms with van der Waals surface area (Å²) < 4.78 is 28.1. The lowest BCUT2D eigenvalue weighted by atomic mass is 10.1. The first-order valence-electron chi connectivity index (χ1n) is 7.54. The first-order chi connectivity index (χ1) is 11.0. The fourth-order valence-corrected chi connectivity index (χ4v) is 3.64. The molecule has 0 amide bonds. The van der Waals surface area contributed by atoms with Crippen molar-refractivity contribution in [1.29, 1.82) is 0 Å². The lowest BCUT2D eigenvalue weighted by molar-refractivity contribution is 0.600. The van der Waals surface area contributed by atoms with Crippen molar-refractivity contribution in [2.24, 2.45) is 0 Å². The van der Waals surface area contributed by atoms with Gasteiger partial charge in [-0.15, -0.1) is 0 Å². The smallest absolute Gasteiger partial charge is 0.232 e. The summed E-state index contributed by atoms with van der Waals surface area (Å²) in [5.74, 6) is 0.125. The number of nitrogens with zero attached hydrogens (tertiary/aromatic N) is 2. The Bertz CT molecular complexity index is 928. The van der Waals surface area contributed by atoms with Crippen molar-refractivity contribution in [3.8, 4) is 11.3 Å². The van der Waals surface area contributed by atoms with Gasteiger partial charge in [0.05, 0.1) is 11.4 Å². The van der Waals surface area contributed by atoms with Gasteiger partial charge in [0.2, 0.25) is 10.0 Å². The highest BCUT2D eigenvalue weighted by Crippen LogP contribution is 2.22. The number of fused-ring (bicyclic) bond motifs is 1. The van der Waals surface area contributed by atoms with Crippen molar-refractivity contribution >= 4 is 21.4 Å². The molecule has 0 saturated carbocycles. The third-order valence-electron chi connectivity index (χ3n) is 3.60. The van der Waals surface area contributed by atoms with E-state index in [2.05, 4.69) is 9.71 Å². The van der Waals surface area contributed by atoms with Gasteiger partial charge in [-0.2, -0.15) is 0 Å². The largest absolute Gasteiger partial charge is 0.306 e. The summed E-state index contributed by atoms with van der Waals surface area (Å²) in [4.78, 5) is 4.64. The molecule has 1 aromatic carbocycles. The molecule has 2 aromatic heterocycles. The number of rotatable bonds is 5. The number of aromatic nitrogens is 2. The molecule has 0 bridgehead atoms. The van der Waals surface area contributed by atoms with Gasteiger partial charge in [0, 0.05) is 23.6 Å². The Morgan fingerprint density at radius 2 is 1.91 bits per heavy atom. The SMILES string of the molecule is CCCS(=O)(=O)Nc1ccc(-c2cn3cccc(C)c3n2)cc1. The molecule has 5 nitrogen and oxygen atoms in total. The highest BCUT2D eigenvalue weighted by atomic mass is 32.2. The minimum atomic E-state index is -3.26. The average Bonchev–Trinajstić information content (AvgIpc) is 2.93. The van der Waals surface area contributed by atoms with Crippen LogP contribution >= 0.6 is 0 Å². The Morgan fingerprint density at radius 1 is 1.17 bits per heavy atom. The van der Waals surface area contributed by atoms with Crippen LogP contribution < -0.4 is 4.72 Å². The van der Waals surface area contributed by atoms with Crippen molar-refractivity contribution in [2.45, 2.75) is 20.3 Å². The molecule has 0 atom stereocenters. The minimum Gasteiger partial charge on any atom is -0.306 e. The van der Waals surface area contributed by atoms with Crippen molar-refractivity contribution < 1.29 is 8.42 Å². The van der Waals surface area contributed by atoms with Gasteiger partial charge in [-0.25, -0.2) is 13.4 Å². The molecule has 0 saturated heterocycles. The number of hydrogen-bond acceptors (Lipinski definition) is 3. The van der Waals surface area contributed by atoms with E-state index >= 15 is 0 Å². The van der Waals surface area contributed by atoms with Crippen LogP contribution in [0.3, 0.4) is 0 Å². The van der Waals surface area contributed by atoms with Gasteiger partial charge in [-0.3, -0.25) is 4.72 Å². The topological polar surface area (TPSA) is 63.5 Å². The monoisotopic (exact) mass is 329 g/mol. The fraction of sp³-hybridized carbons (Fsp3) is 0.235. The van der Waals surface area contributed by atoms with E-state index in [0.717, 1.165) is 22.5 Å². The lowest BCUT2D eigenvalue weighted by Crippen LogP contribution is -2.15. The number of benzene rings is 1. The molecule has 2 heterocycles. The highest BCUT2D eigenvalue weighted by Gasteiger charge is 2.10. The van der Waals surface area contributed by atoms with Crippen LogP contribution in [0.1, 0.15) is 18.9 Å². The zero-order valence-corrected chi connectivity index (χ0v) is 14.0. The van der Waals surface area contributed by atoms with Crippen LogP contribution in [0, 0.1) is 6.92 Å². The number of pyridine rings is 1. The molecule has 0 aliphatic heterocycles. The first kappa shape index (κ1) is 15.6. The summed E-state index contributed by atoms with van der Waals surface area (Å²) in [6.45, 7) is 3.87. The highest BCUT2D eigenvalue weighted by molar-refractivity contribution is 7.92. The summed E-state index contributed by atoms with van der Waals surface area (Å²) in [5, 5.41) is 0. The molecule has 3 rings (SSSR count). The second kappa shape index (κ2) is 6.04. The molecule has 3 aromatic rings. The third-order valence-corrected chi connectivity index (χ3v) is 5.10. The van der Waals surface area contributed by atoms with Gasteiger partial charge in [0.25, 0.3) is 0 Å². The van der Waals surface area contributed by atoms with Gasteiger partial charge < -0.3 is 4.40 Å². The van der Waals surface area contributed by atoms with E-state index in [1.807, 2.05) is 54.9 Å². The normalized spacial score (nSPS) is 11.7. The molecule has 0 aliphatic carbocycles. The van der Waals surface area contributed by atoms with Crippen LogP contribution in [0.5, 0.6) is 0 Å². The molecule has 23 heavy (non-hydrogen) atoms. The number of nitrogens with one attached hydrogen (secondary N) is 1. The van der Waals surface area contributed by atoms with E-state index in [-0.39, 0.29) is 5.75 Å². The Balaban J connectivity index is 1.88. The lowest BCUT2D eigenvalue weighted by Gasteiger charge is -2.07. The van der Waals surface area contributed by atoms with Gasteiger partial charge in [-0.1, -0.05) is 25.1 Å². The standard InChI is InChI=1S/C17H19N3O2S/c1-3-11-23(21,22)19-15-8-6-14(7-9-15)16-12-20-10-4-5-13(2)17(20)18-16/h4-10,12,19H,3,11H2,1-2H3. The number of anilines is 1. The van der Waals surface area contributed by atoms with Crippen molar-refractivity contribution in [3.63, 3.8) is 0 Å². The van der Waals surface area contributed by atoms with Crippen molar-refractivity contribution in [3.05, 3.63) is 54.4 Å². The van der Waals surface area contributed by atoms with Gasteiger partial charge in [-0.05, 0) is 37.1 Å². The summed E-state index contributed by atoms with van der Waals surface area (Å²) in [6.07, 6.45) is 4.53. The molecule has 1 N–H and O–H groups in total. The average molecular weight is 329 g/mol. The van der Waals surface area contributed by atoms with Crippen LogP contribution in [0.4, 0.5) is 5.69 Å². The molecule has 120 valence electrons. The Kier molecular flexibility index (Phi) is 4.09. The van der Waals surface area contributed by atoms with E-state index in [9.17, 15) is 8.42 Å². The Hall–Kier alpha value is -2.34. The summed E-state index contributed by atoms with van der Waals surface area (Å²) in [6, 6.07) is 11.3. The van der Waals surface area contributed by atoms with Crippen LogP contribution in [-0.4, -0.2) is 23.6 Å². The van der Waals surface area contributed by atoms with E-state index < -0.39 is 10.0 Å².